The molecule has 0 aromatic carbocycles. The van der Waals surface area contributed by atoms with Gasteiger partial charge in [-0.1, -0.05) is 0 Å². The molecule has 0 aliphatic heterocycles. The topological polar surface area (TPSA) is 71.2 Å². The number of nitrogens with one attached hydrogen (secondary N) is 1. The fourth-order valence-electron chi connectivity index (χ4n) is 0.988. The second kappa shape index (κ2) is 3.70. The Morgan fingerprint density at radius 3 is 2.40 bits per heavy atom. The zero-order valence-electron chi connectivity index (χ0n) is 9.70. The summed E-state index contributed by atoms with van der Waals surface area (Å²) < 4.78 is 0. The Morgan fingerprint density at radius 2 is 1.93 bits per heavy atom. The van der Waals surface area contributed by atoms with E-state index in [0.717, 1.165) is 0 Å². The van der Waals surface area contributed by atoms with Crippen LogP contribution in [0.25, 0.3) is 0 Å². The molecule has 4 nitrogen and oxygen atoms in total. The van der Waals surface area contributed by atoms with Gasteiger partial charge in [-0.3, -0.25) is 0 Å². The lowest BCUT2D eigenvalue weighted by Crippen LogP contribution is -2.51. The molecule has 0 aliphatic carbocycles. The minimum atomic E-state index is -0.848. The molecule has 0 bridgehead atoms. The largest absolute Gasteiger partial charge is 0.399 e. The van der Waals surface area contributed by atoms with E-state index in [2.05, 4.69) is 10.3 Å². The van der Waals surface area contributed by atoms with Gasteiger partial charge < -0.3 is 16.2 Å². The molecule has 4 heteroatoms. The third-order valence-corrected chi connectivity index (χ3v) is 2.75. The molecule has 0 amide bonds. The smallest absolute Gasteiger partial charge is 0.128 e. The summed E-state index contributed by atoms with van der Waals surface area (Å²) in [6.07, 6.45) is 1.64. The van der Waals surface area contributed by atoms with Crippen LogP contribution in [0.1, 0.15) is 27.7 Å². The maximum Gasteiger partial charge on any atom is 0.128 e. The zero-order chi connectivity index (χ0) is 11.7. The number of aliphatic hydroxyl groups is 1. The molecular formula is C11H19N3O. The summed E-state index contributed by atoms with van der Waals surface area (Å²) in [5, 5.41) is 13.1. The van der Waals surface area contributed by atoms with Gasteiger partial charge in [0.1, 0.15) is 5.82 Å². The number of nitrogens with zero attached hydrogens (tertiary/aromatic N) is 1. The van der Waals surface area contributed by atoms with Crippen LogP contribution in [0.4, 0.5) is 11.5 Å². The standard InChI is InChI=1S/C11H19N3O/c1-10(2,11(3,4)15)14-9-7-8(12)5-6-13-9/h5-7,15H,1-4H3,(H3,12,13,14). The molecule has 0 spiro atoms. The third-order valence-electron chi connectivity index (χ3n) is 2.75. The minimum absolute atomic E-state index is 0.478. The summed E-state index contributed by atoms with van der Waals surface area (Å²) in [4.78, 5) is 4.14. The summed E-state index contributed by atoms with van der Waals surface area (Å²) in [6, 6.07) is 3.47. The predicted octanol–water partition coefficient (Wildman–Crippen LogP) is 1.63. The molecule has 1 rings (SSSR count). The van der Waals surface area contributed by atoms with Crippen molar-refractivity contribution in [1.29, 1.82) is 0 Å². The lowest BCUT2D eigenvalue weighted by atomic mass is 9.86. The highest BCUT2D eigenvalue weighted by atomic mass is 16.3. The first-order valence-electron chi connectivity index (χ1n) is 4.94. The summed E-state index contributed by atoms with van der Waals surface area (Å²) in [5.74, 6) is 0.669. The monoisotopic (exact) mass is 209 g/mol. The second-order valence-corrected chi connectivity index (χ2v) is 4.78. The SMILES string of the molecule is CC(C)(O)C(C)(C)Nc1cc(N)ccn1. The Hall–Kier alpha value is -1.29. The Balaban J connectivity index is 2.87. The Morgan fingerprint density at radius 1 is 1.33 bits per heavy atom. The molecule has 0 fully saturated rings. The molecule has 84 valence electrons. The van der Waals surface area contributed by atoms with E-state index in [1.165, 1.54) is 0 Å². The van der Waals surface area contributed by atoms with Gasteiger partial charge in [-0.15, -0.1) is 0 Å². The highest BCUT2D eigenvalue weighted by molar-refractivity contribution is 5.49. The van der Waals surface area contributed by atoms with E-state index in [1.807, 2.05) is 13.8 Å². The highest BCUT2D eigenvalue weighted by Gasteiger charge is 2.35. The lowest BCUT2D eigenvalue weighted by molar-refractivity contribution is 0.0239. The van der Waals surface area contributed by atoms with Gasteiger partial charge in [-0.05, 0) is 33.8 Å². The molecule has 0 saturated carbocycles. The number of pyridine rings is 1. The fraction of sp³-hybridized carbons (Fsp3) is 0.545. The van der Waals surface area contributed by atoms with Gasteiger partial charge in [-0.25, -0.2) is 4.98 Å². The maximum atomic E-state index is 9.95. The summed E-state index contributed by atoms with van der Waals surface area (Å²) >= 11 is 0. The molecule has 0 aliphatic rings. The van der Waals surface area contributed by atoms with Crippen molar-refractivity contribution in [2.45, 2.75) is 38.8 Å². The van der Waals surface area contributed by atoms with Crippen LogP contribution in [0.3, 0.4) is 0 Å². The van der Waals surface area contributed by atoms with E-state index in [4.69, 9.17) is 5.73 Å². The van der Waals surface area contributed by atoms with Gasteiger partial charge in [0.2, 0.25) is 0 Å². The molecule has 1 aromatic rings. The maximum absolute atomic E-state index is 9.95. The number of nitrogen functional groups attached to an aromatic ring is 1. The van der Waals surface area contributed by atoms with Crippen LogP contribution in [0.15, 0.2) is 18.3 Å². The van der Waals surface area contributed by atoms with E-state index in [1.54, 1.807) is 32.2 Å². The Bertz CT molecular complexity index is 342. The number of nitrogens with two attached hydrogens (primary N) is 1. The first kappa shape index (κ1) is 11.8. The van der Waals surface area contributed by atoms with Crippen LogP contribution in [0, 0.1) is 0 Å². The molecule has 1 aromatic heterocycles. The van der Waals surface area contributed by atoms with Crippen molar-refractivity contribution in [3.8, 4) is 0 Å². The van der Waals surface area contributed by atoms with Crippen molar-refractivity contribution in [2.24, 2.45) is 0 Å². The molecule has 0 radical (unpaired) electrons. The van der Waals surface area contributed by atoms with Gasteiger partial charge in [-0.2, -0.15) is 0 Å². The molecule has 0 atom stereocenters. The minimum Gasteiger partial charge on any atom is -0.399 e. The molecule has 15 heavy (non-hydrogen) atoms. The van der Waals surface area contributed by atoms with Gasteiger partial charge >= 0.3 is 0 Å². The molecular weight excluding hydrogens is 190 g/mol. The van der Waals surface area contributed by atoms with Crippen molar-refractivity contribution in [3.05, 3.63) is 18.3 Å². The van der Waals surface area contributed by atoms with Gasteiger partial charge in [0.05, 0.1) is 11.1 Å². The van der Waals surface area contributed by atoms with Crippen LogP contribution < -0.4 is 11.1 Å². The van der Waals surface area contributed by atoms with Crippen molar-refractivity contribution < 1.29 is 5.11 Å². The summed E-state index contributed by atoms with van der Waals surface area (Å²) in [5.41, 5.74) is 4.97. The Kier molecular flexibility index (Phi) is 2.90. The average Bonchev–Trinajstić information content (AvgIpc) is 2.00. The lowest BCUT2D eigenvalue weighted by Gasteiger charge is -2.38. The molecule has 1 heterocycles. The molecule has 4 N–H and O–H groups in total. The van der Waals surface area contributed by atoms with Crippen LogP contribution in [-0.2, 0) is 0 Å². The van der Waals surface area contributed by atoms with E-state index in [0.29, 0.717) is 11.5 Å². The number of hydrogen-bond donors (Lipinski definition) is 3. The number of anilines is 2. The van der Waals surface area contributed by atoms with Crippen molar-refractivity contribution in [1.82, 2.24) is 4.98 Å². The predicted molar refractivity (Wildman–Crippen MR) is 62.6 cm³/mol. The first-order chi connectivity index (χ1) is 6.72. The van der Waals surface area contributed by atoms with Crippen molar-refractivity contribution in [2.75, 3.05) is 11.1 Å². The quantitative estimate of drug-likeness (QED) is 0.707. The van der Waals surface area contributed by atoms with Crippen LogP contribution in [0.2, 0.25) is 0 Å². The highest BCUT2D eigenvalue weighted by Crippen LogP contribution is 2.25. The summed E-state index contributed by atoms with van der Waals surface area (Å²) in [6.45, 7) is 7.34. The van der Waals surface area contributed by atoms with E-state index < -0.39 is 11.1 Å². The second-order valence-electron chi connectivity index (χ2n) is 4.78. The normalized spacial score (nSPS) is 12.6. The Labute approximate surface area is 90.5 Å². The number of aromatic nitrogens is 1. The number of hydrogen-bond acceptors (Lipinski definition) is 4. The third kappa shape index (κ3) is 2.83. The van der Waals surface area contributed by atoms with Crippen LogP contribution >= 0.6 is 0 Å². The van der Waals surface area contributed by atoms with E-state index >= 15 is 0 Å². The van der Waals surface area contributed by atoms with Gasteiger partial charge in [0.25, 0.3) is 0 Å². The van der Waals surface area contributed by atoms with Gasteiger partial charge in [0, 0.05) is 18.0 Å². The number of rotatable bonds is 3. The van der Waals surface area contributed by atoms with E-state index in [-0.39, 0.29) is 0 Å². The summed E-state index contributed by atoms with van der Waals surface area (Å²) in [7, 11) is 0. The van der Waals surface area contributed by atoms with Crippen molar-refractivity contribution in [3.63, 3.8) is 0 Å². The zero-order valence-corrected chi connectivity index (χ0v) is 9.70. The van der Waals surface area contributed by atoms with Crippen LogP contribution in [-0.4, -0.2) is 21.2 Å². The van der Waals surface area contributed by atoms with Crippen molar-refractivity contribution >= 4 is 11.5 Å². The average molecular weight is 209 g/mol. The van der Waals surface area contributed by atoms with Gasteiger partial charge in [0.15, 0.2) is 0 Å². The molecule has 0 saturated heterocycles. The molecule has 0 unspecified atom stereocenters. The van der Waals surface area contributed by atoms with Crippen LogP contribution in [0.5, 0.6) is 0 Å². The first-order valence-corrected chi connectivity index (χ1v) is 4.94. The fourth-order valence-corrected chi connectivity index (χ4v) is 0.988. The van der Waals surface area contributed by atoms with E-state index in [9.17, 15) is 5.11 Å².